The summed E-state index contributed by atoms with van der Waals surface area (Å²) >= 11 is 0. The normalized spacial score (nSPS) is 12.4. The minimum absolute atomic E-state index is 0.396. The Labute approximate surface area is 108 Å². The summed E-state index contributed by atoms with van der Waals surface area (Å²) in [6.07, 6.45) is 0. The van der Waals surface area contributed by atoms with E-state index in [4.69, 9.17) is 9.47 Å². The molecule has 0 bridgehead atoms. The van der Waals surface area contributed by atoms with E-state index in [0.29, 0.717) is 22.6 Å². The molecule has 0 saturated heterocycles. The van der Waals surface area contributed by atoms with Gasteiger partial charge in [-0.15, -0.1) is 0 Å². The van der Waals surface area contributed by atoms with E-state index in [1.165, 1.54) is 28.1 Å². The second-order valence-electron chi connectivity index (χ2n) is 5.28. The first-order valence-electron chi connectivity index (χ1n) is 5.79. The Balaban J connectivity index is 3.57. The summed E-state index contributed by atoms with van der Waals surface area (Å²) in [5.41, 5.74) is -1.84. The molecule has 102 valence electrons. The van der Waals surface area contributed by atoms with Gasteiger partial charge in [-0.05, 0) is 51.0 Å². The Morgan fingerprint density at radius 1 is 0.944 bits per heavy atom. The molecule has 1 rings (SSSR count). The smallest absolute Gasteiger partial charge is 0.161 e. The first-order chi connectivity index (χ1) is 8.11. The number of alkyl halides is 1. The van der Waals surface area contributed by atoms with Gasteiger partial charge in [0.2, 0.25) is 0 Å². The molecular formula is C14H21FO3. The molecule has 0 atom stereocenters. The molecule has 0 aliphatic carbocycles. The van der Waals surface area contributed by atoms with Crippen molar-refractivity contribution >= 4 is 0 Å². The molecule has 1 N–H and O–H groups in total. The van der Waals surface area contributed by atoms with Crippen molar-refractivity contribution in [3.8, 4) is 11.5 Å². The van der Waals surface area contributed by atoms with Crippen molar-refractivity contribution < 1.29 is 19.0 Å². The van der Waals surface area contributed by atoms with Crippen LogP contribution >= 0.6 is 0 Å². The largest absolute Gasteiger partial charge is 0.493 e. The van der Waals surface area contributed by atoms with E-state index in [1.54, 1.807) is 26.0 Å². The second kappa shape index (κ2) is 4.76. The third kappa shape index (κ3) is 2.93. The summed E-state index contributed by atoms with van der Waals surface area (Å²) in [4.78, 5) is 0. The monoisotopic (exact) mass is 256 g/mol. The molecular weight excluding hydrogens is 235 g/mol. The van der Waals surface area contributed by atoms with Gasteiger partial charge in [0, 0.05) is 0 Å². The second-order valence-corrected chi connectivity index (χ2v) is 5.28. The van der Waals surface area contributed by atoms with Crippen LogP contribution in [0.5, 0.6) is 11.5 Å². The summed E-state index contributed by atoms with van der Waals surface area (Å²) in [7, 11) is 3.00. The van der Waals surface area contributed by atoms with E-state index < -0.39 is 11.3 Å². The van der Waals surface area contributed by atoms with Gasteiger partial charge in [0.1, 0.15) is 5.67 Å². The maximum atomic E-state index is 14.3. The van der Waals surface area contributed by atoms with Gasteiger partial charge in [0.15, 0.2) is 11.5 Å². The summed E-state index contributed by atoms with van der Waals surface area (Å²) in [6, 6.07) is 3.20. The minimum atomic E-state index is -1.57. The number of aliphatic hydroxyl groups is 1. The first-order valence-corrected chi connectivity index (χ1v) is 5.79. The average molecular weight is 256 g/mol. The fourth-order valence-corrected chi connectivity index (χ4v) is 1.88. The molecule has 0 saturated carbocycles. The topological polar surface area (TPSA) is 38.7 Å². The van der Waals surface area contributed by atoms with Crippen LogP contribution in [0.3, 0.4) is 0 Å². The van der Waals surface area contributed by atoms with Crippen LogP contribution in [0.1, 0.15) is 38.8 Å². The van der Waals surface area contributed by atoms with Crippen molar-refractivity contribution in [2.24, 2.45) is 0 Å². The van der Waals surface area contributed by atoms with Crippen LogP contribution in [-0.4, -0.2) is 19.3 Å². The fourth-order valence-electron chi connectivity index (χ4n) is 1.88. The number of halogens is 1. The highest BCUT2D eigenvalue weighted by Gasteiger charge is 2.31. The molecule has 0 aliphatic heterocycles. The summed E-state index contributed by atoms with van der Waals surface area (Å²) in [5, 5.41) is 10.2. The zero-order valence-electron chi connectivity index (χ0n) is 11.8. The van der Waals surface area contributed by atoms with Crippen molar-refractivity contribution in [1.82, 2.24) is 0 Å². The molecule has 3 nitrogen and oxygen atoms in total. The predicted octanol–water partition coefficient (Wildman–Crippen LogP) is 3.14. The Bertz CT molecular complexity index is 387. The number of hydrogen-bond acceptors (Lipinski definition) is 3. The lowest BCUT2D eigenvalue weighted by Gasteiger charge is -2.28. The summed E-state index contributed by atoms with van der Waals surface area (Å²) < 4.78 is 24.6. The number of benzene rings is 1. The molecule has 0 fully saturated rings. The van der Waals surface area contributed by atoms with Crippen LogP contribution in [0.4, 0.5) is 4.39 Å². The highest BCUT2D eigenvalue weighted by atomic mass is 19.1. The molecule has 0 aromatic heterocycles. The number of rotatable bonds is 4. The minimum Gasteiger partial charge on any atom is -0.493 e. The van der Waals surface area contributed by atoms with Crippen molar-refractivity contribution in [1.29, 1.82) is 0 Å². The van der Waals surface area contributed by atoms with Gasteiger partial charge in [-0.25, -0.2) is 4.39 Å². The van der Waals surface area contributed by atoms with Gasteiger partial charge in [0.05, 0.1) is 19.8 Å². The zero-order valence-corrected chi connectivity index (χ0v) is 11.8. The van der Waals surface area contributed by atoms with E-state index >= 15 is 0 Å². The van der Waals surface area contributed by atoms with Gasteiger partial charge >= 0.3 is 0 Å². The summed E-state index contributed by atoms with van der Waals surface area (Å²) in [6.45, 7) is 6.12. The SMILES string of the molecule is COc1cc(C(C)(C)O)c(C(C)(C)F)cc1OC. The molecule has 1 aromatic rings. The van der Waals surface area contributed by atoms with Crippen LogP contribution in [0.25, 0.3) is 0 Å². The molecule has 18 heavy (non-hydrogen) atoms. The van der Waals surface area contributed by atoms with Crippen LogP contribution in [-0.2, 0) is 11.3 Å². The lowest BCUT2D eigenvalue weighted by atomic mass is 9.86. The fraction of sp³-hybridized carbons (Fsp3) is 0.571. The van der Waals surface area contributed by atoms with Crippen LogP contribution < -0.4 is 9.47 Å². The molecule has 0 spiro atoms. The maximum Gasteiger partial charge on any atom is 0.161 e. The van der Waals surface area contributed by atoms with Gasteiger partial charge < -0.3 is 14.6 Å². The van der Waals surface area contributed by atoms with E-state index in [1.807, 2.05) is 0 Å². The molecule has 0 radical (unpaired) electrons. The third-order valence-corrected chi connectivity index (χ3v) is 2.82. The molecule has 0 heterocycles. The Morgan fingerprint density at radius 3 is 1.61 bits per heavy atom. The van der Waals surface area contributed by atoms with Crippen molar-refractivity contribution in [2.75, 3.05) is 14.2 Å². The van der Waals surface area contributed by atoms with Crippen molar-refractivity contribution in [2.45, 2.75) is 39.0 Å². The van der Waals surface area contributed by atoms with Crippen molar-refractivity contribution in [3.05, 3.63) is 23.3 Å². The van der Waals surface area contributed by atoms with E-state index in [0.717, 1.165) is 0 Å². The first kappa shape index (κ1) is 14.8. The van der Waals surface area contributed by atoms with Gasteiger partial charge in [0.25, 0.3) is 0 Å². The number of methoxy groups -OCH3 is 2. The molecule has 4 heteroatoms. The molecule has 1 aromatic carbocycles. The van der Waals surface area contributed by atoms with Crippen molar-refractivity contribution in [3.63, 3.8) is 0 Å². The average Bonchev–Trinajstić information content (AvgIpc) is 2.24. The Kier molecular flexibility index (Phi) is 3.91. The van der Waals surface area contributed by atoms with E-state index in [-0.39, 0.29) is 0 Å². The highest BCUT2D eigenvalue weighted by Crippen LogP contribution is 2.40. The maximum absolute atomic E-state index is 14.3. The lowest BCUT2D eigenvalue weighted by molar-refractivity contribution is 0.0726. The summed E-state index contributed by atoms with van der Waals surface area (Å²) in [5.74, 6) is 0.925. The standard InChI is InChI=1S/C14H21FO3/c1-13(2,15)9-7-11(17-5)12(18-6)8-10(9)14(3,4)16/h7-8,16H,1-6H3. The lowest BCUT2D eigenvalue weighted by Crippen LogP contribution is -2.23. The van der Waals surface area contributed by atoms with E-state index in [2.05, 4.69) is 0 Å². The van der Waals surface area contributed by atoms with Crippen LogP contribution in [0.2, 0.25) is 0 Å². The molecule has 0 unspecified atom stereocenters. The van der Waals surface area contributed by atoms with Gasteiger partial charge in [-0.2, -0.15) is 0 Å². The molecule has 0 amide bonds. The molecule has 0 aliphatic rings. The van der Waals surface area contributed by atoms with Crippen LogP contribution in [0, 0.1) is 0 Å². The Morgan fingerprint density at radius 2 is 1.33 bits per heavy atom. The number of ether oxygens (including phenoxy) is 2. The quantitative estimate of drug-likeness (QED) is 0.899. The third-order valence-electron chi connectivity index (χ3n) is 2.82. The predicted molar refractivity (Wildman–Crippen MR) is 68.9 cm³/mol. The van der Waals surface area contributed by atoms with E-state index in [9.17, 15) is 9.50 Å². The number of hydrogen-bond donors (Lipinski definition) is 1. The zero-order chi connectivity index (χ0) is 14.1. The highest BCUT2D eigenvalue weighted by molar-refractivity contribution is 5.50. The Hall–Kier alpha value is -1.29. The van der Waals surface area contributed by atoms with Crippen LogP contribution in [0.15, 0.2) is 12.1 Å². The van der Waals surface area contributed by atoms with Gasteiger partial charge in [-0.1, -0.05) is 0 Å². The van der Waals surface area contributed by atoms with Gasteiger partial charge in [-0.3, -0.25) is 0 Å².